The third kappa shape index (κ3) is 3.96. The van der Waals surface area contributed by atoms with Crippen molar-refractivity contribution in [1.29, 1.82) is 0 Å². The van der Waals surface area contributed by atoms with Gasteiger partial charge in [0.15, 0.2) is 5.16 Å². The molecule has 0 spiro atoms. The molecule has 6 nitrogen and oxygen atoms in total. The second-order valence-electron chi connectivity index (χ2n) is 7.00. The van der Waals surface area contributed by atoms with E-state index in [0.29, 0.717) is 33.6 Å². The van der Waals surface area contributed by atoms with E-state index < -0.39 is 0 Å². The maximum absolute atomic E-state index is 13.0. The summed E-state index contributed by atoms with van der Waals surface area (Å²) < 4.78 is 7.60. The molecule has 4 aromatic rings. The zero-order chi connectivity index (χ0) is 20.4. The lowest BCUT2D eigenvalue weighted by atomic mass is 10.1. The largest absolute Gasteiger partial charge is 0.420 e. The number of hydrogen-bond acceptors (Lipinski definition) is 6. The van der Waals surface area contributed by atoms with Gasteiger partial charge in [-0.15, -0.1) is 10.2 Å². The summed E-state index contributed by atoms with van der Waals surface area (Å²) in [6.07, 6.45) is 0.839. The monoisotopic (exact) mass is 406 g/mol. The number of para-hydroxylation sites is 1. The van der Waals surface area contributed by atoms with Crippen LogP contribution in [-0.4, -0.2) is 19.7 Å². The molecule has 0 unspecified atom stereocenters. The van der Waals surface area contributed by atoms with Crippen LogP contribution in [0.2, 0.25) is 0 Å². The number of nitrogens with zero attached hydrogens (tertiary/aromatic N) is 4. The van der Waals surface area contributed by atoms with E-state index in [9.17, 15) is 4.79 Å². The third-order valence-electron chi connectivity index (χ3n) is 4.86. The lowest BCUT2D eigenvalue weighted by molar-refractivity contribution is 0.467. The summed E-state index contributed by atoms with van der Waals surface area (Å²) in [5.74, 6) is 1.44. The fourth-order valence-electron chi connectivity index (χ4n) is 3.13. The molecule has 0 aliphatic heterocycles. The number of hydrogen-bond donors (Lipinski definition) is 0. The molecule has 0 bridgehead atoms. The van der Waals surface area contributed by atoms with Gasteiger partial charge in [-0.25, -0.2) is 4.98 Å². The van der Waals surface area contributed by atoms with Crippen LogP contribution in [0.3, 0.4) is 0 Å². The van der Waals surface area contributed by atoms with Gasteiger partial charge < -0.3 is 4.42 Å². The Morgan fingerprint density at radius 2 is 1.97 bits per heavy atom. The highest BCUT2D eigenvalue weighted by Crippen LogP contribution is 2.26. The predicted octanol–water partition coefficient (Wildman–Crippen LogP) is 5.02. The van der Waals surface area contributed by atoms with Gasteiger partial charge in [-0.1, -0.05) is 48.5 Å². The van der Waals surface area contributed by atoms with Crippen molar-refractivity contribution in [3.05, 3.63) is 70.3 Å². The molecule has 0 fully saturated rings. The van der Waals surface area contributed by atoms with E-state index in [1.807, 2.05) is 62.4 Å². The van der Waals surface area contributed by atoms with Crippen molar-refractivity contribution in [3.63, 3.8) is 0 Å². The van der Waals surface area contributed by atoms with Crippen LogP contribution < -0.4 is 5.56 Å². The molecule has 29 heavy (non-hydrogen) atoms. The zero-order valence-electron chi connectivity index (χ0n) is 16.6. The van der Waals surface area contributed by atoms with Crippen molar-refractivity contribution in [2.24, 2.45) is 0 Å². The first-order valence-electron chi connectivity index (χ1n) is 9.60. The first-order chi connectivity index (χ1) is 14.1. The molecule has 2 aromatic carbocycles. The summed E-state index contributed by atoms with van der Waals surface area (Å²) in [5.41, 5.74) is 2.72. The number of thioether (sulfide) groups is 1. The van der Waals surface area contributed by atoms with E-state index >= 15 is 0 Å². The molecule has 2 heterocycles. The minimum atomic E-state index is -0.0153. The Hall–Kier alpha value is -2.93. The molecular weight excluding hydrogens is 384 g/mol. The molecule has 0 N–H and O–H groups in total. The molecule has 1 atom stereocenters. The molecule has 2 aromatic heterocycles. The standard InChI is InChI=1S/C22H22N4O2S/c1-4-15(3)26-21(27)17-10-5-6-11-18(17)23-22(26)29-13-19-24-25-20(28-19)16-9-7-8-14(2)12-16/h5-12,15H,4,13H2,1-3H3/t15-/m0/s1. The summed E-state index contributed by atoms with van der Waals surface area (Å²) in [6, 6.07) is 15.4. The fourth-order valence-corrected chi connectivity index (χ4v) is 4.07. The fraction of sp³-hybridized carbons (Fsp3) is 0.273. The second-order valence-corrected chi connectivity index (χ2v) is 7.95. The maximum atomic E-state index is 13.0. The zero-order valence-corrected chi connectivity index (χ0v) is 17.4. The van der Waals surface area contributed by atoms with Crippen LogP contribution in [0.5, 0.6) is 0 Å². The van der Waals surface area contributed by atoms with Crippen molar-refractivity contribution in [1.82, 2.24) is 19.7 Å². The number of fused-ring (bicyclic) bond motifs is 1. The first-order valence-corrected chi connectivity index (χ1v) is 10.6. The van der Waals surface area contributed by atoms with Crippen molar-refractivity contribution >= 4 is 22.7 Å². The molecular formula is C22H22N4O2S. The lowest BCUT2D eigenvalue weighted by Gasteiger charge is -2.17. The normalized spacial score (nSPS) is 12.4. The van der Waals surface area contributed by atoms with E-state index in [1.165, 1.54) is 11.8 Å². The summed E-state index contributed by atoms with van der Waals surface area (Å²) in [6.45, 7) is 6.12. The first kappa shape index (κ1) is 19.4. The van der Waals surface area contributed by atoms with Crippen LogP contribution >= 0.6 is 11.8 Å². The van der Waals surface area contributed by atoms with Crippen molar-refractivity contribution in [3.8, 4) is 11.5 Å². The van der Waals surface area contributed by atoms with Gasteiger partial charge in [0.2, 0.25) is 11.8 Å². The van der Waals surface area contributed by atoms with Gasteiger partial charge in [-0.05, 0) is 44.5 Å². The molecule has 0 aliphatic rings. The molecule has 4 rings (SSSR count). The topological polar surface area (TPSA) is 73.8 Å². The number of aryl methyl sites for hydroxylation is 1. The highest BCUT2D eigenvalue weighted by atomic mass is 32.2. The van der Waals surface area contributed by atoms with E-state index in [-0.39, 0.29) is 11.6 Å². The minimum Gasteiger partial charge on any atom is -0.420 e. The summed E-state index contributed by atoms with van der Waals surface area (Å²) in [7, 11) is 0. The number of aromatic nitrogens is 4. The van der Waals surface area contributed by atoms with Gasteiger partial charge in [0.25, 0.3) is 5.56 Å². The van der Waals surface area contributed by atoms with Crippen LogP contribution in [0.15, 0.2) is 62.9 Å². The Kier molecular flexibility index (Phi) is 5.49. The Bertz CT molecular complexity index is 1210. The van der Waals surface area contributed by atoms with Crippen molar-refractivity contribution in [2.75, 3.05) is 0 Å². The third-order valence-corrected chi connectivity index (χ3v) is 5.80. The highest BCUT2D eigenvalue weighted by molar-refractivity contribution is 7.98. The van der Waals surface area contributed by atoms with E-state index in [1.54, 1.807) is 4.57 Å². The summed E-state index contributed by atoms with van der Waals surface area (Å²) in [4.78, 5) is 17.8. The van der Waals surface area contributed by atoms with Crippen molar-refractivity contribution < 1.29 is 4.42 Å². The van der Waals surface area contributed by atoms with Crippen LogP contribution in [0.1, 0.15) is 37.8 Å². The molecule has 0 amide bonds. The molecule has 7 heteroatoms. The second kappa shape index (κ2) is 8.21. The number of benzene rings is 2. The van der Waals surface area contributed by atoms with Gasteiger partial charge in [0.05, 0.1) is 16.7 Å². The smallest absolute Gasteiger partial charge is 0.262 e. The van der Waals surface area contributed by atoms with Crippen LogP contribution in [0, 0.1) is 6.92 Å². The summed E-state index contributed by atoms with van der Waals surface area (Å²) >= 11 is 1.44. The van der Waals surface area contributed by atoms with Crippen molar-refractivity contribution in [2.45, 2.75) is 44.1 Å². The number of rotatable bonds is 6. The molecule has 0 saturated carbocycles. The molecule has 0 radical (unpaired) electrons. The molecule has 148 valence electrons. The van der Waals surface area contributed by atoms with Crippen LogP contribution in [0.25, 0.3) is 22.4 Å². The predicted molar refractivity (Wildman–Crippen MR) is 115 cm³/mol. The Balaban J connectivity index is 1.64. The minimum absolute atomic E-state index is 0.0153. The average molecular weight is 407 g/mol. The van der Waals surface area contributed by atoms with Gasteiger partial charge in [-0.3, -0.25) is 9.36 Å². The molecule has 0 aliphatic carbocycles. The Morgan fingerprint density at radius 1 is 1.14 bits per heavy atom. The average Bonchev–Trinajstić information content (AvgIpc) is 3.21. The Morgan fingerprint density at radius 3 is 2.76 bits per heavy atom. The lowest BCUT2D eigenvalue weighted by Crippen LogP contribution is -2.26. The van der Waals surface area contributed by atoms with Crippen LogP contribution in [0.4, 0.5) is 0 Å². The highest BCUT2D eigenvalue weighted by Gasteiger charge is 2.17. The quantitative estimate of drug-likeness (QED) is 0.331. The van der Waals surface area contributed by atoms with Gasteiger partial charge in [0, 0.05) is 11.6 Å². The van der Waals surface area contributed by atoms with E-state index in [4.69, 9.17) is 9.40 Å². The summed E-state index contributed by atoms with van der Waals surface area (Å²) in [5, 5.41) is 9.63. The SMILES string of the molecule is CC[C@H](C)n1c(SCc2nnc(-c3cccc(C)c3)o2)nc2ccccc2c1=O. The van der Waals surface area contributed by atoms with E-state index in [2.05, 4.69) is 17.1 Å². The Labute approximate surface area is 173 Å². The van der Waals surface area contributed by atoms with E-state index in [0.717, 1.165) is 17.5 Å². The van der Waals surface area contributed by atoms with Gasteiger partial charge in [0.1, 0.15) is 0 Å². The van der Waals surface area contributed by atoms with Gasteiger partial charge >= 0.3 is 0 Å². The van der Waals surface area contributed by atoms with Crippen LogP contribution in [-0.2, 0) is 5.75 Å². The van der Waals surface area contributed by atoms with Gasteiger partial charge in [-0.2, -0.15) is 0 Å². The maximum Gasteiger partial charge on any atom is 0.262 e. The molecule has 0 saturated heterocycles.